The van der Waals surface area contributed by atoms with E-state index < -0.39 is 9.84 Å². The third-order valence-electron chi connectivity index (χ3n) is 4.29. The van der Waals surface area contributed by atoms with E-state index in [4.69, 9.17) is 4.52 Å². The maximum Gasteiger partial charge on any atom is 0.240 e. The van der Waals surface area contributed by atoms with Gasteiger partial charge in [0, 0.05) is 18.5 Å². The first kappa shape index (κ1) is 17.1. The van der Waals surface area contributed by atoms with E-state index in [-0.39, 0.29) is 23.5 Å². The zero-order valence-electron chi connectivity index (χ0n) is 14.1. The molecule has 3 rings (SSSR count). The van der Waals surface area contributed by atoms with Gasteiger partial charge in [0.05, 0.1) is 18.1 Å². The quantitative estimate of drug-likeness (QED) is 0.797. The fourth-order valence-electron chi connectivity index (χ4n) is 2.94. The van der Waals surface area contributed by atoms with Crippen LogP contribution in [-0.4, -0.2) is 41.0 Å². The first-order chi connectivity index (χ1) is 11.4. The van der Waals surface area contributed by atoms with Crippen molar-refractivity contribution in [2.45, 2.75) is 45.3 Å². The van der Waals surface area contributed by atoms with Crippen LogP contribution in [0, 0.1) is 0 Å². The van der Waals surface area contributed by atoms with E-state index in [0.717, 1.165) is 5.56 Å². The molecule has 0 aliphatic carbocycles. The molecule has 2 aromatic rings. The zero-order chi connectivity index (χ0) is 17.2. The molecule has 24 heavy (non-hydrogen) atoms. The highest BCUT2D eigenvalue weighted by molar-refractivity contribution is 7.91. The van der Waals surface area contributed by atoms with Gasteiger partial charge in [-0.1, -0.05) is 49.3 Å². The van der Waals surface area contributed by atoms with E-state index in [1.54, 1.807) is 0 Å². The van der Waals surface area contributed by atoms with Crippen LogP contribution in [0.4, 0.5) is 0 Å². The molecule has 2 heterocycles. The van der Waals surface area contributed by atoms with Crippen molar-refractivity contribution in [2.24, 2.45) is 0 Å². The molecule has 0 saturated carbocycles. The van der Waals surface area contributed by atoms with Gasteiger partial charge in [0.2, 0.25) is 5.89 Å². The van der Waals surface area contributed by atoms with E-state index >= 15 is 0 Å². The normalized spacial score (nSPS) is 20.1. The predicted octanol–water partition coefficient (Wildman–Crippen LogP) is 2.38. The molecule has 0 N–H and O–H groups in total. The van der Waals surface area contributed by atoms with Gasteiger partial charge < -0.3 is 4.52 Å². The Kier molecular flexibility index (Phi) is 5.01. The van der Waals surface area contributed by atoms with Crippen molar-refractivity contribution in [1.29, 1.82) is 0 Å². The lowest BCUT2D eigenvalue weighted by Gasteiger charge is -2.26. The van der Waals surface area contributed by atoms with Gasteiger partial charge in [-0.25, -0.2) is 8.42 Å². The van der Waals surface area contributed by atoms with E-state index in [1.807, 2.05) is 44.2 Å². The summed E-state index contributed by atoms with van der Waals surface area (Å²) in [7, 11) is -2.94. The van der Waals surface area contributed by atoms with E-state index in [2.05, 4.69) is 15.0 Å². The van der Waals surface area contributed by atoms with Gasteiger partial charge in [-0.15, -0.1) is 0 Å². The summed E-state index contributed by atoms with van der Waals surface area (Å²) in [5.74, 6) is 1.88. The number of benzene rings is 1. The molecule has 1 saturated heterocycles. The van der Waals surface area contributed by atoms with Crippen LogP contribution in [0.15, 0.2) is 34.9 Å². The summed E-state index contributed by atoms with van der Waals surface area (Å²) in [5.41, 5.74) is 1.14. The smallest absolute Gasteiger partial charge is 0.240 e. The summed E-state index contributed by atoms with van der Waals surface area (Å²) in [6.07, 6.45) is 0.653. The lowest BCUT2D eigenvalue weighted by molar-refractivity contribution is 0.169. The minimum absolute atomic E-state index is 0.00962. The van der Waals surface area contributed by atoms with E-state index in [1.165, 1.54) is 0 Å². The number of nitrogens with zero attached hydrogens (tertiary/aromatic N) is 3. The number of rotatable bonds is 6. The molecule has 1 unspecified atom stereocenters. The SMILES string of the molecule is CC(C)c1noc(CN(Cc2ccccc2)C2CCS(=O)(=O)C2)n1. The average Bonchev–Trinajstić information content (AvgIpc) is 3.14. The van der Waals surface area contributed by atoms with Gasteiger partial charge in [0.15, 0.2) is 15.7 Å². The van der Waals surface area contributed by atoms with Crippen LogP contribution < -0.4 is 0 Å². The summed E-state index contributed by atoms with van der Waals surface area (Å²) in [4.78, 5) is 6.57. The zero-order valence-corrected chi connectivity index (χ0v) is 14.9. The predicted molar refractivity (Wildman–Crippen MR) is 91.1 cm³/mol. The van der Waals surface area contributed by atoms with Crippen LogP contribution in [-0.2, 0) is 22.9 Å². The number of hydrogen-bond donors (Lipinski definition) is 0. The summed E-state index contributed by atoms with van der Waals surface area (Å²) in [6.45, 7) is 5.16. The van der Waals surface area contributed by atoms with Crippen LogP contribution in [0.1, 0.15) is 43.5 Å². The lowest BCUT2D eigenvalue weighted by atomic mass is 10.1. The van der Waals surface area contributed by atoms with Gasteiger partial charge in [0.25, 0.3) is 0 Å². The van der Waals surface area contributed by atoms with Crippen LogP contribution in [0.5, 0.6) is 0 Å². The van der Waals surface area contributed by atoms with Gasteiger partial charge in [-0.05, 0) is 12.0 Å². The molecular formula is C17H23N3O3S. The molecule has 1 aromatic heterocycles. The second kappa shape index (κ2) is 7.03. The summed E-state index contributed by atoms with van der Waals surface area (Å²) in [5, 5.41) is 4.00. The minimum Gasteiger partial charge on any atom is -0.338 e. The Balaban J connectivity index is 1.78. The standard InChI is InChI=1S/C17H23N3O3S/c1-13(2)17-18-16(23-19-17)11-20(10-14-6-4-3-5-7-14)15-8-9-24(21,22)12-15/h3-7,13,15H,8-12H2,1-2H3. The Morgan fingerprint density at radius 1 is 1.25 bits per heavy atom. The minimum atomic E-state index is -2.94. The molecule has 0 bridgehead atoms. The second-order valence-electron chi connectivity index (χ2n) is 6.65. The van der Waals surface area contributed by atoms with Crippen molar-refractivity contribution in [2.75, 3.05) is 11.5 Å². The molecule has 6 nitrogen and oxygen atoms in total. The fraction of sp³-hybridized carbons (Fsp3) is 0.529. The molecule has 0 amide bonds. The summed E-state index contributed by atoms with van der Waals surface area (Å²) in [6, 6.07) is 10.0. The molecule has 0 spiro atoms. The van der Waals surface area contributed by atoms with Gasteiger partial charge in [-0.3, -0.25) is 4.90 Å². The molecule has 1 fully saturated rings. The second-order valence-corrected chi connectivity index (χ2v) is 8.88. The maximum atomic E-state index is 11.9. The molecule has 1 aromatic carbocycles. The monoisotopic (exact) mass is 349 g/mol. The van der Waals surface area contributed by atoms with Gasteiger partial charge in [-0.2, -0.15) is 4.98 Å². The first-order valence-corrected chi connectivity index (χ1v) is 10.1. The van der Waals surface area contributed by atoms with Crippen molar-refractivity contribution in [3.63, 3.8) is 0 Å². The van der Waals surface area contributed by atoms with Crippen molar-refractivity contribution in [1.82, 2.24) is 15.0 Å². The molecule has 1 aliphatic rings. The van der Waals surface area contributed by atoms with Crippen molar-refractivity contribution < 1.29 is 12.9 Å². The summed E-state index contributed by atoms with van der Waals surface area (Å²) >= 11 is 0. The van der Waals surface area contributed by atoms with Gasteiger partial charge in [0.1, 0.15) is 0 Å². The highest BCUT2D eigenvalue weighted by atomic mass is 32.2. The fourth-order valence-corrected chi connectivity index (χ4v) is 4.70. The maximum absolute atomic E-state index is 11.9. The van der Waals surface area contributed by atoms with E-state index in [9.17, 15) is 8.42 Å². The molecule has 1 atom stereocenters. The lowest BCUT2D eigenvalue weighted by Crippen LogP contribution is -2.35. The van der Waals surface area contributed by atoms with E-state index in [0.29, 0.717) is 31.2 Å². The molecular weight excluding hydrogens is 326 g/mol. The van der Waals surface area contributed by atoms with Crippen molar-refractivity contribution in [3.8, 4) is 0 Å². The average molecular weight is 349 g/mol. The first-order valence-electron chi connectivity index (χ1n) is 8.24. The topological polar surface area (TPSA) is 76.3 Å². The Morgan fingerprint density at radius 2 is 2.00 bits per heavy atom. The Labute approximate surface area is 142 Å². The number of hydrogen-bond acceptors (Lipinski definition) is 6. The largest absolute Gasteiger partial charge is 0.338 e. The van der Waals surface area contributed by atoms with Crippen LogP contribution >= 0.6 is 0 Å². The highest BCUT2D eigenvalue weighted by Crippen LogP contribution is 2.22. The number of sulfone groups is 1. The number of aromatic nitrogens is 2. The van der Waals surface area contributed by atoms with Crippen molar-refractivity contribution >= 4 is 9.84 Å². The van der Waals surface area contributed by atoms with Crippen LogP contribution in [0.2, 0.25) is 0 Å². The molecule has 1 aliphatic heterocycles. The molecule has 0 radical (unpaired) electrons. The third kappa shape index (κ3) is 4.21. The summed E-state index contributed by atoms with van der Waals surface area (Å²) < 4.78 is 29.1. The van der Waals surface area contributed by atoms with Crippen LogP contribution in [0.25, 0.3) is 0 Å². The molecule has 130 valence electrons. The van der Waals surface area contributed by atoms with Crippen LogP contribution in [0.3, 0.4) is 0 Å². The Bertz CT molecular complexity index is 771. The highest BCUT2D eigenvalue weighted by Gasteiger charge is 2.33. The third-order valence-corrected chi connectivity index (χ3v) is 6.04. The molecule has 7 heteroatoms. The van der Waals surface area contributed by atoms with Crippen molar-refractivity contribution in [3.05, 3.63) is 47.6 Å². The Hall–Kier alpha value is -1.73. The Morgan fingerprint density at radius 3 is 2.58 bits per heavy atom. The van der Waals surface area contributed by atoms with Gasteiger partial charge >= 0.3 is 0 Å².